The highest BCUT2D eigenvalue weighted by molar-refractivity contribution is 5.94. The Morgan fingerprint density at radius 2 is 2.11 bits per heavy atom. The van der Waals surface area contributed by atoms with Crippen molar-refractivity contribution in [1.82, 2.24) is 5.32 Å². The number of benzene rings is 1. The Balaban J connectivity index is 2.63. The normalized spacial score (nSPS) is 11.3. The maximum atomic E-state index is 11.6. The van der Waals surface area contributed by atoms with E-state index in [0.29, 0.717) is 11.4 Å². The zero-order chi connectivity index (χ0) is 13.5. The number of amides is 2. The molecule has 0 fully saturated rings. The van der Waals surface area contributed by atoms with Gasteiger partial charge in [0.15, 0.2) is 0 Å². The Labute approximate surface area is 104 Å². The van der Waals surface area contributed by atoms with Gasteiger partial charge >= 0.3 is 12.0 Å². The quantitative estimate of drug-likeness (QED) is 0.468. The van der Waals surface area contributed by atoms with Crippen LogP contribution in [0.15, 0.2) is 36.9 Å². The maximum absolute atomic E-state index is 11.6. The number of rotatable bonds is 5. The molecule has 1 rings (SSSR count). The van der Waals surface area contributed by atoms with Crippen LogP contribution in [0.5, 0.6) is 0 Å². The zero-order valence-electron chi connectivity index (χ0n) is 9.72. The molecule has 0 aliphatic rings. The van der Waals surface area contributed by atoms with E-state index in [1.807, 2.05) is 0 Å². The van der Waals surface area contributed by atoms with Crippen molar-refractivity contribution in [1.29, 1.82) is 0 Å². The standard InChI is InChI=1S/C12H15N3O3/c1-2-5-10(11(16)17)15-12(18)14-9-7-4-3-6-8(9)13/h2-4,6-7,10H,1,5,13H2,(H,16,17)(H2,14,15,18). The van der Waals surface area contributed by atoms with Gasteiger partial charge in [-0.05, 0) is 18.6 Å². The Kier molecular flexibility index (Phi) is 4.74. The number of aliphatic carboxylic acids is 1. The molecule has 0 spiro atoms. The highest BCUT2D eigenvalue weighted by Crippen LogP contribution is 2.16. The average molecular weight is 249 g/mol. The predicted molar refractivity (Wildman–Crippen MR) is 69.2 cm³/mol. The van der Waals surface area contributed by atoms with Crippen molar-refractivity contribution in [2.45, 2.75) is 12.5 Å². The van der Waals surface area contributed by atoms with Gasteiger partial charge in [0.2, 0.25) is 0 Å². The van der Waals surface area contributed by atoms with Gasteiger partial charge in [-0.3, -0.25) is 0 Å². The first-order chi connectivity index (χ1) is 8.54. The molecular formula is C12H15N3O3. The van der Waals surface area contributed by atoms with Crippen LogP contribution in [0.1, 0.15) is 6.42 Å². The van der Waals surface area contributed by atoms with Gasteiger partial charge in [0.05, 0.1) is 11.4 Å². The molecule has 5 N–H and O–H groups in total. The van der Waals surface area contributed by atoms with Gasteiger partial charge in [-0.15, -0.1) is 6.58 Å². The van der Waals surface area contributed by atoms with Crippen molar-refractivity contribution >= 4 is 23.4 Å². The highest BCUT2D eigenvalue weighted by atomic mass is 16.4. The molecule has 0 aromatic heterocycles. The van der Waals surface area contributed by atoms with Crippen LogP contribution in [-0.4, -0.2) is 23.1 Å². The number of carbonyl (C=O) groups is 2. The molecule has 2 amide bonds. The first kappa shape index (κ1) is 13.6. The molecule has 0 bridgehead atoms. The third-order valence-electron chi connectivity index (χ3n) is 2.21. The Morgan fingerprint density at radius 1 is 1.44 bits per heavy atom. The number of urea groups is 1. The number of carbonyl (C=O) groups excluding carboxylic acids is 1. The van der Waals surface area contributed by atoms with E-state index in [-0.39, 0.29) is 6.42 Å². The molecule has 96 valence electrons. The summed E-state index contributed by atoms with van der Waals surface area (Å²) in [6.07, 6.45) is 1.57. The van der Waals surface area contributed by atoms with E-state index in [2.05, 4.69) is 17.2 Å². The van der Waals surface area contributed by atoms with E-state index in [0.717, 1.165) is 0 Å². The highest BCUT2D eigenvalue weighted by Gasteiger charge is 2.18. The molecule has 0 aliphatic carbocycles. The SMILES string of the molecule is C=CCC(NC(=O)Nc1ccccc1N)C(=O)O. The van der Waals surface area contributed by atoms with Crippen LogP contribution in [0.2, 0.25) is 0 Å². The molecule has 0 aliphatic heterocycles. The van der Waals surface area contributed by atoms with Crippen molar-refractivity contribution in [3.05, 3.63) is 36.9 Å². The molecule has 1 aromatic rings. The molecule has 1 aromatic carbocycles. The van der Waals surface area contributed by atoms with E-state index < -0.39 is 18.0 Å². The first-order valence-electron chi connectivity index (χ1n) is 5.30. The molecule has 0 heterocycles. The number of nitrogens with two attached hydrogens (primary N) is 1. The average Bonchev–Trinajstić information content (AvgIpc) is 2.31. The maximum Gasteiger partial charge on any atom is 0.326 e. The van der Waals surface area contributed by atoms with Gasteiger partial charge in [-0.2, -0.15) is 0 Å². The number of carboxylic acid groups (broad SMARTS) is 1. The predicted octanol–water partition coefficient (Wildman–Crippen LogP) is 1.42. The van der Waals surface area contributed by atoms with E-state index in [9.17, 15) is 9.59 Å². The lowest BCUT2D eigenvalue weighted by molar-refractivity contribution is -0.139. The van der Waals surface area contributed by atoms with Gasteiger partial charge in [0.1, 0.15) is 6.04 Å². The van der Waals surface area contributed by atoms with Gasteiger partial charge in [0, 0.05) is 0 Å². The van der Waals surface area contributed by atoms with Crippen molar-refractivity contribution in [3.8, 4) is 0 Å². The molecule has 0 saturated heterocycles. The van der Waals surface area contributed by atoms with Crippen LogP contribution in [0, 0.1) is 0 Å². The van der Waals surface area contributed by atoms with Crippen LogP contribution in [0.3, 0.4) is 0 Å². The molecule has 6 heteroatoms. The fourth-order valence-electron chi connectivity index (χ4n) is 1.32. The first-order valence-corrected chi connectivity index (χ1v) is 5.30. The second kappa shape index (κ2) is 6.29. The van der Waals surface area contributed by atoms with Crippen LogP contribution >= 0.6 is 0 Å². The Hall–Kier alpha value is -2.50. The molecule has 6 nitrogen and oxygen atoms in total. The van der Waals surface area contributed by atoms with Crippen molar-refractivity contribution in [2.75, 3.05) is 11.1 Å². The number of nitrogens with one attached hydrogen (secondary N) is 2. The zero-order valence-corrected chi connectivity index (χ0v) is 9.72. The minimum atomic E-state index is -1.12. The summed E-state index contributed by atoms with van der Waals surface area (Å²) in [4.78, 5) is 22.4. The molecule has 1 unspecified atom stereocenters. The smallest absolute Gasteiger partial charge is 0.326 e. The summed E-state index contributed by atoms with van der Waals surface area (Å²) in [5.41, 5.74) is 6.48. The third kappa shape index (κ3) is 3.82. The summed E-state index contributed by atoms with van der Waals surface area (Å²) >= 11 is 0. The number of hydrogen-bond acceptors (Lipinski definition) is 3. The monoisotopic (exact) mass is 249 g/mol. The number of nitrogen functional groups attached to an aromatic ring is 1. The third-order valence-corrected chi connectivity index (χ3v) is 2.21. The summed E-state index contributed by atoms with van der Waals surface area (Å²) in [7, 11) is 0. The van der Waals surface area contributed by atoms with E-state index in [1.54, 1.807) is 24.3 Å². The van der Waals surface area contributed by atoms with Crippen molar-refractivity contribution in [3.63, 3.8) is 0 Å². The van der Waals surface area contributed by atoms with Crippen LogP contribution < -0.4 is 16.4 Å². The van der Waals surface area contributed by atoms with E-state index in [1.165, 1.54) is 6.08 Å². The van der Waals surface area contributed by atoms with E-state index in [4.69, 9.17) is 10.8 Å². The Bertz CT molecular complexity index is 460. The summed E-state index contributed by atoms with van der Waals surface area (Å²) < 4.78 is 0. The lowest BCUT2D eigenvalue weighted by Gasteiger charge is -2.14. The van der Waals surface area contributed by atoms with Crippen LogP contribution in [-0.2, 0) is 4.79 Å². The fraction of sp³-hybridized carbons (Fsp3) is 0.167. The van der Waals surface area contributed by atoms with Gasteiger partial charge in [0.25, 0.3) is 0 Å². The molecule has 0 saturated carbocycles. The lowest BCUT2D eigenvalue weighted by atomic mass is 10.2. The topological polar surface area (TPSA) is 104 Å². The van der Waals surface area contributed by atoms with Crippen molar-refractivity contribution in [2.24, 2.45) is 0 Å². The number of hydrogen-bond donors (Lipinski definition) is 4. The number of carboxylic acids is 1. The number of para-hydroxylation sites is 2. The van der Waals surface area contributed by atoms with Gasteiger partial charge in [-0.25, -0.2) is 9.59 Å². The molecule has 1 atom stereocenters. The molecular weight excluding hydrogens is 234 g/mol. The molecule has 0 radical (unpaired) electrons. The van der Waals surface area contributed by atoms with Crippen LogP contribution in [0.25, 0.3) is 0 Å². The minimum absolute atomic E-state index is 0.146. The summed E-state index contributed by atoms with van der Waals surface area (Å²) in [6, 6.07) is 5.07. The van der Waals surface area contributed by atoms with E-state index >= 15 is 0 Å². The second-order valence-corrected chi connectivity index (χ2v) is 3.60. The second-order valence-electron chi connectivity index (χ2n) is 3.60. The largest absolute Gasteiger partial charge is 0.480 e. The lowest BCUT2D eigenvalue weighted by Crippen LogP contribution is -2.42. The van der Waals surface area contributed by atoms with Crippen molar-refractivity contribution < 1.29 is 14.7 Å². The summed E-state index contributed by atoms with van der Waals surface area (Å²) in [5.74, 6) is -1.12. The van der Waals surface area contributed by atoms with Gasteiger partial charge in [-0.1, -0.05) is 18.2 Å². The minimum Gasteiger partial charge on any atom is -0.480 e. The fourth-order valence-corrected chi connectivity index (χ4v) is 1.32. The summed E-state index contributed by atoms with van der Waals surface area (Å²) in [5, 5.41) is 13.7. The number of anilines is 2. The van der Waals surface area contributed by atoms with Crippen LogP contribution in [0.4, 0.5) is 16.2 Å². The summed E-state index contributed by atoms with van der Waals surface area (Å²) in [6.45, 7) is 3.43. The van der Waals surface area contributed by atoms with Gasteiger partial charge < -0.3 is 21.5 Å². The molecule has 18 heavy (non-hydrogen) atoms. The Morgan fingerprint density at radius 3 is 2.67 bits per heavy atom.